The Morgan fingerprint density at radius 1 is 1.41 bits per heavy atom. The molecule has 1 aromatic carbocycles. The Labute approximate surface area is 129 Å². The van der Waals surface area contributed by atoms with Gasteiger partial charge in [-0.15, -0.1) is 0 Å². The van der Waals surface area contributed by atoms with E-state index in [0.717, 1.165) is 23.4 Å². The fourth-order valence-corrected chi connectivity index (χ4v) is 2.23. The molecule has 1 heterocycles. The maximum atomic E-state index is 11.1. The summed E-state index contributed by atoms with van der Waals surface area (Å²) in [4.78, 5) is 15.0. The Morgan fingerprint density at radius 3 is 2.86 bits per heavy atom. The zero-order valence-corrected chi connectivity index (χ0v) is 13.1. The van der Waals surface area contributed by atoms with Crippen molar-refractivity contribution in [3.63, 3.8) is 0 Å². The number of nitrogens with zero attached hydrogens (tertiary/aromatic N) is 2. The van der Waals surface area contributed by atoms with Crippen molar-refractivity contribution in [2.24, 2.45) is 5.92 Å². The third-order valence-corrected chi connectivity index (χ3v) is 3.16. The summed E-state index contributed by atoms with van der Waals surface area (Å²) in [6, 6.07) is 6.89. The van der Waals surface area contributed by atoms with Crippen molar-refractivity contribution in [3.8, 4) is 0 Å². The molecule has 6 nitrogen and oxygen atoms in total. The molecule has 1 aromatic heterocycles. The maximum Gasteiger partial charge on any atom is 0.295 e. The number of hydrogen-bond acceptors (Lipinski definition) is 5. The molecule has 0 aliphatic heterocycles. The Hall–Kier alpha value is -2.21. The van der Waals surface area contributed by atoms with Gasteiger partial charge in [-0.2, -0.15) is 0 Å². The molecule has 0 aliphatic rings. The Morgan fingerprint density at radius 2 is 2.18 bits per heavy atom. The Balaban J connectivity index is 2.19. The second kappa shape index (κ2) is 7.17. The molecule has 0 amide bonds. The van der Waals surface area contributed by atoms with E-state index in [0.29, 0.717) is 24.6 Å². The molecule has 0 saturated carbocycles. The fourth-order valence-electron chi connectivity index (χ4n) is 2.23. The monoisotopic (exact) mass is 303 g/mol. The lowest BCUT2D eigenvalue weighted by Gasteiger charge is -2.12. The van der Waals surface area contributed by atoms with Gasteiger partial charge in [0, 0.05) is 36.0 Å². The minimum Gasteiger partial charge on any atom is -0.382 e. The zero-order valence-electron chi connectivity index (χ0n) is 13.1. The standard InChI is InChI=1S/C16H21N3O3/c1-11(2)10-22-8-7-17-14-9-12(3)18-16-13(14)5-4-6-15(16)19(20)21/h4-6,9,11H,7-8,10H2,1-3H3,(H,17,18). The number of rotatable bonds is 7. The van der Waals surface area contributed by atoms with Gasteiger partial charge in [0.15, 0.2) is 5.52 Å². The molecule has 0 saturated heterocycles. The van der Waals surface area contributed by atoms with Crippen molar-refractivity contribution in [2.45, 2.75) is 20.8 Å². The summed E-state index contributed by atoms with van der Waals surface area (Å²) in [5, 5.41) is 15.2. The molecule has 0 radical (unpaired) electrons. The summed E-state index contributed by atoms with van der Waals surface area (Å²) in [6.07, 6.45) is 0. The molecule has 6 heteroatoms. The number of para-hydroxylation sites is 1. The average molecular weight is 303 g/mol. The van der Waals surface area contributed by atoms with Crippen LogP contribution in [-0.4, -0.2) is 29.7 Å². The van der Waals surface area contributed by atoms with E-state index in [4.69, 9.17) is 4.74 Å². The van der Waals surface area contributed by atoms with Gasteiger partial charge in [0.05, 0.1) is 11.5 Å². The lowest BCUT2D eigenvalue weighted by Crippen LogP contribution is -2.12. The average Bonchev–Trinajstić information content (AvgIpc) is 2.45. The van der Waals surface area contributed by atoms with Gasteiger partial charge in [-0.1, -0.05) is 26.0 Å². The first-order valence-corrected chi connectivity index (χ1v) is 7.35. The van der Waals surface area contributed by atoms with Crippen molar-refractivity contribution in [1.82, 2.24) is 4.98 Å². The van der Waals surface area contributed by atoms with E-state index in [9.17, 15) is 10.1 Å². The summed E-state index contributed by atoms with van der Waals surface area (Å²) in [5.41, 5.74) is 2.03. The molecule has 0 bridgehead atoms. The van der Waals surface area contributed by atoms with E-state index in [2.05, 4.69) is 24.1 Å². The second-order valence-electron chi connectivity index (χ2n) is 5.64. The number of benzene rings is 1. The quantitative estimate of drug-likeness (QED) is 0.481. The number of hydrogen-bond donors (Lipinski definition) is 1. The number of nitrogens with one attached hydrogen (secondary N) is 1. The predicted molar refractivity (Wildman–Crippen MR) is 87.3 cm³/mol. The molecular weight excluding hydrogens is 282 g/mol. The van der Waals surface area contributed by atoms with Crippen LogP contribution in [0.3, 0.4) is 0 Å². The maximum absolute atomic E-state index is 11.1. The van der Waals surface area contributed by atoms with Crippen molar-refractivity contribution in [3.05, 3.63) is 40.1 Å². The first-order chi connectivity index (χ1) is 10.5. The summed E-state index contributed by atoms with van der Waals surface area (Å²) in [5.74, 6) is 0.506. The molecule has 0 spiro atoms. The number of aryl methyl sites for hydroxylation is 1. The Kier molecular flexibility index (Phi) is 5.27. The normalized spacial score (nSPS) is 11.1. The van der Waals surface area contributed by atoms with Crippen LogP contribution in [0.2, 0.25) is 0 Å². The number of non-ortho nitro benzene ring substituents is 1. The molecule has 0 unspecified atom stereocenters. The molecule has 22 heavy (non-hydrogen) atoms. The van der Waals surface area contributed by atoms with Gasteiger partial charge >= 0.3 is 0 Å². The van der Waals surface area contributed by atoms with Crippen LogP contribution < -0.4 is 5.32 Å². The molecule has 2 rings (SSSR count). The van der Waals surface area contributed by atoms with Gasteiger partial charge in [-0.05, 0) is 18.9 Å². The smallest absolute Gasteiger partial charge is 0.295 e. The van der Waals surface area contributed by atoms with Gasteiger partial charge in [0.2, 0.25) is 0 Å². The topological polar surface area (TPSA) is 77.3 Å². The highest BCUT2D eigenvalue weighted by molar-refractivity contribution is 5.96. The molecule has 0 atom stereocenters. The fraction of sp³-hybridized carbons (Fsp3) is 0.438. The lowest BCUT2D eigenvalue weighted by molar-refractivity contribution is -0.383. The van der Waals surface area contributed by atoms with Gasteiger partial charge in [-0.3, -0.25) is 10.1 Å². The molecule has 0 aliphatic carbocycles. The van der Waals surface area contributed by atoms with Crippen LogP contribution in [-0.2, 0) is 4.74 Å². The molecule has 1 N–H and O–H groups in total. The van der Waals surface area contributed by atoms with Crippen molar-refractivity contribution >= 4 is 22.3 Å². The largest absolute Gasteiger partial charge is 0.382 e. The number of anilines is 1. The Bertz CT molecular complexity index is 671. The number of pyridine rings is 1. The van der Waals surface area contributed by atoms with E-state index >= 15 is 0 Å². The highest BCUT2D eigenvalue weighted by Gasteiger charge is 2.15. The van der Waals surface area contributed by atoms with E-state index in [1.54, 1.807) is 6.07 Å². The number of aromatic nitrogens is 1. The number of nitro benzene ring substituents is 1. The number of ether oxygens (including phenoxy) is 1. The highest BCUT2D eigenvalue weighted by Crippen LogP contribution is 2.29. The molecule has 0 fully saturated rings. The van der Waals surface area contributed by atoms with E-state index in [1.165, 1.54) is 6.07 Å². The lowest BCUT2D eigenvalue weighted by atomic mass is 10.1. The van der Waals surface area contributed by atoms with Crippen LogP contribution >= 0.6 is 0 Å². The van der Waals surface area contributed by atoms with E-state index in [-0.39, 0.29) is 5.69 Å². The first-order valence-electron chi connectivity index (χ1n) is 7.35. The summed E-state index contributed by atoms with van der Waals surface area (Å²) < 4.78 is 5.53. The van der Waals surface area contributed by atoms with Gasteiger partial charge in [0.1, 0.15) is 0 Å². The van der Waals surface area contributed by atoms with Crippen molar-refractivity contribution in [2.75, 3.05) is 25.1 Å². The number of fused-ring (bicyclic) bond motifs is 1. The SMILES string of the molecule is Cc1cc(NCCOCC(C)C)c2cccc([N+](=O)[O-])c2n1. The number of nitro groups is 1. The van der Waals surface area contributed by atoms with Gasteiger partial charge < -0.3 is 10.1 Å². The van der Waals surface area contributed by atoms with Crippen LogP contribution in [0.4, 0.5) is 11.4 Å². The van der Waals surface area contributed by atoms with Crippen molar-refractivity contribution in [1.29, 1.82) is 0 Å². The minimum atomic E-state index is -0.399. The third kappa shape index (κ3) is 3.92. The second-order valence-corrected chi connectivity index (χ2v) is 5.64. The predicted octanol–water partition coefficient (Wildman–Crippen LogP) is 3.54. The molecule has 2 aromatic rings. The third-order valence-electron chi connectivity index (χ3n) is 3.16. The molecular formula is C16H21N3O3. The summed E-state index contributed by atoms with van der Waals surface area (Å²) in [6.45, 7) is 8.00. The summed E-state index contributed by atoms with van der Waals surface area (Å²) >= 11 is 0. The molecule has 118 valence electrons. The van der Waals surface area contributed by atoms with Crippen LogP contribution in [0, 0.1) is 23.0 Å². The van der Waals surface area contributed by atoms with E-state index < -0.39 is 4.92 Å². The van der Waals surface area contributed by atoms with Crippen LogP contribution in [0.5, 0.6) is 0 Å². The zero-order chi connectivity index (χ0) is 16.1. The van der Waals surface area contributed by atoms with Crippen molar-refractivity contribution < 1.29 is 9.66 Å². The minimum absolute atomic E-state index is 0.0281. The van der Waals surface area contributed by atoms with E-state index in [1.807, 2.05) is 19.1 Å². The first kappa shape index (κ1) is 16.2. The van der Waals surface area contributed by atoms with Gasteiger partial charge in [0.25, 0.3) is 5.69 Å². The van der Waals surface area contributed by atoms with Crippen LogP contribution in [0.25, 0.3) is 10.9 Å². The van der Waals surface area contributed by atoms with Gasteiger partial charge in [-0.25, -0.2) is 4.98 Å². The summed E-state index contributed by atoms with van der Waals surface area (Å²) in [7, 11) is 0. The van der Waals surface area contributed by atoms with Crippen LogP contribution in [0.1, 0.15) is 19.5 Å². The highest BCUT2D eigenvalue weighted by atomic mass is 16.6. The van der Waals surface area contributed by atoms with Crippen LogP contribution in [0.15, 0.2) is 24.3 Å².